The maximum absolute atomic E-state index is 5.64. The highest BCUT2D eigenvalue weighted by Crippen LogP contribution is 2.27. The minimum atomic E-state index is -0.145. The molecule has 1 aromatic rings. The van der Waals surface area contributed by atoms with E-state index in [2.05, 4.69) is 48.7 Å². The van der Waals surface area contributed by atoms with Crippen molar-refractivity contribution in [3.63, 3.8) is 0 Å². The predicted molar refractivity (Wildman–Crippen MR) is 78.9 cm³/mol. The number of hydrogen-bond donors (Lipinski definition) is 0. The molecule has 1 atom stereocenters. The Labute approximate surface area is 119 Å². The molecule has 0 amide bonds. The van der Waals surface area contributed by atoms with E-state index in [-0.39, 0.29) is 6.23 Å². The van der Waals surface area contributed by atoms with Crippen molar-refractivity contribution in [2.24, 2.45) is 5.16 Å². The molecule has 4 heteroatoms. The standard InChI is InChI=1S/C16H20N2O2/c1-11-5-4-6-12(2)14(11)15-13(3)16(20-17-15)18-7-9-19-10-8-18/h4-6,16H,3,7-10H2,1-2H3. The number of aryl methyl sites for hydroxylation is 2. The maximum atomic E-state index is 5.64. The number of nitrogens with zero attached hydrogens (tertiary/aromatic N) is 2. The predicted octanol–water partition coefficient (Wildman–Crippen LogP) is 2.25. The minimum Gasteiger partial charge on any atom is -0.379 e. The Morgan fingerprint density at radius 2 is 1.85 bits per heavy atom. The van der Waals surface area contributed by atoms with Gasteiger partial charge < -0.3 is 9.57 Å². The largest absolute Gasteiger partial charge is 0.379 e. The van der Waals surface area contributed by atoms with Gasteiger partial charge in [-0.1, -0.05) is 29.9 Å². The highest BCUT2D eigenvalue weighted by Gasteiger charge is 2.33. The van der Waals surface area contributed by atoms with Crippen molar-refractivity contribution in [1.29, 1.82) is 0 Å². The number of hydrogen-bond acceptors (Lipinski definition) is 4. The molecule has 2 heterocycles. The van der Waals surface area contributed by atoms with Gasteiger partial charge in [0.25, 0.3) is 0 Å². The second kappa shape index (κ2) is 5.38. The lowest BCUT2D eigenvalue weighted by Crippen LogP contribution is -2.44. The van der Waals surface area contributed by atoms with E-state index < -0.39 is 0 Å². The molecule has 0 N–H and O–H groups in total. The lowest BCUT2D eigenvalue weighted by Gasteiger charge is -2.30. The van der Waals surface area contributed by atoms with Crippen LogP contribution in [0.5, 0.6) is 0 Å². The molecule has 1 saturated heterocycles. The average Bonchev–Trinajstić information content (AvgIpc) is 2.82. The lowest BCUT2D eigenvalue weighted by atomic mass is 9.94. The van der Waals surface area contributed by atoms with Crippen molar-refractivity contribution in [3.8, 4) is 0 Å². The van der Waals surface area contributed by atoms with E-state index in [1.54, 1.807) is 0 Å². The van der Waals surface area contributed by atoms with Crippen LogP contribution in [0.15, 0.2) is 35.5 Å². The van der Waals surface area contributed by atoms with Gasteiger partial charge in [0.2, 0.25) is 6.23 Å². The van der Waals surface area contributed by atoms with Crippen LogP contribution < -0.4 is 0 Å². The first kappa shape index (κ1) is 13.3. The van der Waals surface area contributed by atoms with E-state index in [4.69, 9.17) is 9.57 Å². The Morgan fingerprint density at radius 1 is 1.20 bits per heavy atom. The van der Waals surface area contributed by atoms with Gasteiger partial charge in [-0.25, -0.2) is 0 Å². The summed E-state index contributed by atoms with van der Waals surface area (Å²) in [6.07, 6.45) is -0.145. The summed E-state index contributed by atoms with van der Waals surface area (Å²) in [6.45, 7) is 11.6. The number of ether oxygens (including phenoxy) is 1. The number of oxime groups is 1. The number of benzene rings is 1. The zero-order chi connectivity index (χ0) is 14.1. The van der Waals surface area contributed by atoms with Gasteiger partial charge in [-0.15, -0.1) is 0 Å². The summed E-state index contributed by atoms with van der Waals surface area (Å²) in [5.41, 5.74) is 5.39. The maximum Gasteiger partial charge on any atom is 0.208 e. The second-order valence-corrected chi connectivity index (χ2v) is 5.34. The molecule has 0 aliphatic carbocycles. The topological polar surface area (TPSA) is 34.1 Å². The minimum absolute atomic E-state index is 0.145. The molecule has 1 fully saturated rings. The van der Waals surface area contributed by atoms with Crippen molar-refractivity contribution >= 4 is 5.71 Å². The Bertz CT molecular complexity index is 539. The summed E-state index contributed by atoms with van der Waals surface area (Å²) in [6, 6.07) is 6.26. The molecule has 0 bridgehead atoms. The molecular formula is C16H20N2O2. The van der Waals surface area contributed by atoms with E-state index in [0.717, 1.165) is 43.2 Å². The first-order valence-corrected chi connectivity index (χ1v) is 7.00. The number of morpholine rings is 1. The van der Waals surface area contributed by atoms with E-state index in [9.17, 15) is 0 Å². The Kier molecular flexibility index (Phi) is 3.59. The molecule has 3 rings (SSSR count). The fourth-order valence-electron chi connectivity index (χ4n) is 2.84. The van der Waals surface area contributed by atoms with Crippen LogP contribution in [0, 0.1) is 13.8 Å². The second-order valence-electron chi connectivity index (χ2n) is 5.34. The zero-order valence-electron chi connectivity index (χ0n) is 12.1. The fraction of sp³-hybridized carbons (Fsp3) is 0.438. The molecule has 2 aliphatic rings. The molecule has 106 valence electrons. The van der Waals surface area contributed by atoms with Crippen LogP contribution in [0.25, 0.3) is 0 Å². The van der Waals surface area contributed by atoms with Crippen LogP contribution >= 0.6 is 0 Å². The van der Waals surface area contributed by atoms with Crippen LogP contribution in [0.4, 0.5) is 0 Å². The third-order valence-corrected chi connectivity index (χ3v) is 3.94. The smallest absolute Gasteiger partial charge is 0.208 e. The molecule has 0 spiro atoms. The Hall–Kier alpha value is -1.65. The molecule has 20 heavy (non-hydrogen) atoms. The van der Waals surface area contributed by atoms with Crippen LogP contribution in [-0.4, -0.2) is 43.1 Å². The van der Waals surface area contributed by atoms with Crippen molar-refractivity contribution in [2.75, 3.05) is 26.3 Å². The summed E-state index contributed by atoms with van der Waals surface area (Å²) >= 11 is 0. The third-order valence-electron chi connectivity index (χ3n) is 3.94. The zero-order valence-corrected chi connectivity index (χ0v) is 12.1. The van der Waals surface area contributed by atoms with Gasteiger partial charge >= 0.3 is 0 Å². The van der Waals surface area contributed by atoms with Gasteiger partial charge in [0.1, 0.15) is 5.71 Å². The van der Waals surface area contributed by atoms with Gasteiger partial charge in [-0.2, -0.15) is 0 Å². The van der Waals surface area contributed by atoms with E-state index >= 15 is 0 Å². The first-order chi connectivity index (χ1) is 9.68. The molecule has 1 aromatic carbocycles. The number of rotatable bonds is 2. The third kappa shape index (κ3) is 2.25. The fourth-order valence-corrected chi connectivity index (χ4v) is 2.84. The van der Waals surface area contributed by atoms with Crippen LogP contribution in [0.3, 0.4) is 0 Å². The van der Waals surface area contributed by atoms with Gasteiger partial charge in [0, 0.05) is 24.2 Å². The molecule has 1 unspecified atom stereocenters. The van der Waals surface area contributed by atoms with E-state index in [0.29, 0.717) is 0 Å². The summed E-state index contributed by atoms with van der Waals surface area (Å²) < 4.78 is 5.38. The van der Waals surface area contributed by atoms with E-state index in [1.165, 1.54) is 11.1 Å². The van der Waals surface area contributed by atoms with Crippen molar-refractivity contribution in [3.05, 3.63) is 47.0 Å². The van der Waals surface area contributed by atoms with E-state index in [1.807, 2.05) is 0 Å². The van der Waals surface area contributed by atoms with Gasteiger partial charge in [-0.05, 0) is 25.0 Å². The van der Waals surface area contributed by atoms with Gasteiger partial charge in [-0.3, -0.25) is 4.90 Å². The Balaban J connectivity index is 1.85. The monoisotopic (exact) mass is 272 g/mol. The summed E-state index contributed by atoms with van der Waals surface area (Å²) in [7, 11) is 0. The van der Waals surface area contributed by atoms with Crippen LogP contribution in [-0.2, 0) is 9.57 Å². The Morgan fingerprint density at radius 3 is 2.50 bits per heavy atom. The molecular weight excluding hydrogens is 252 g/mol. The quantitative estimate of drug-likeness (QED) is 0.828. The van der Waals surface area contributed by atoms with Crippen molar-refractivity contribution in [2.45, 2.75) is 20.1 Å². The van der Waals surface area contributed by atoms with Gasteiger partial charge in [0.05, 0.1) is 13.2 Å². The van der Waals surface area contributed by atoms with Crippen LogP contribution in [0.2, 0.25) is 0 Å². The van der Waals surface area contributed by atoms with Gasteiger partial charge in [0.15, 0.2) is 0 Å². The first-order valence-electron chi connectivity index (χ1n) is 7.00. The lowest BCUT2D eigenvalue weighted by molar-refractivity contribution is -0.0660. The normalized spacial score (nSPS) is 23.6. The molecule has 0 aromatic heterocycles. The molecule has 0 saturated carbocycles. The highest BCUT2D eigenvalue weighted by molar-refractivity contribution is 6.15. The average molecular weight is 272 g/mol. The molecule has 4 nitrogen and oxygen atoms in total. The van der Waals surface area contributed by atoms with Crippen molar-refractivity contribution < 1.29 is 9.57 Å². The van der Waals surface area contributed by atoms with Crippen molar-refractivity contribution in [1.82, 2.24) is 4.90 Å². The molecule has 2 aliphatic heterocycles. The van der Waals surface area contributed by atoms with Crippen LogP contribution in [0.1, 0.15) is 16.7 Å². The SMILES string of the molecule is C=C1C(c2c(C)cccc2C)=NOC1N1CCOCC1. The molecule has 0 radical (unpaired) electrons. The highest BCUT2D eigenvalue weighted by atomic mass is 16.7. The summed E-state index contributed by atoms with van der Waals surface area (Å²) in [4.78, 5) is 7.87. The summed E-state index contributed by atoms with van der Waals surface area (Å²) in [5.74, 6) is 0. The summed E-state index contributed by atoms with van der Waals surface area (Å²) in [5, 5.41) is 4.30.